The summed E-state index contributed by atoms with van der Waals surface area (Å²) < 4.78 is 0. The molecule has 76 valence electrons. The van der Waals surface area contributed by atoms with Crippen LogP contribution in [-0.2, 0) is 0 Å². The van der Waals surface area contributed by atoms with Crippen LogP contribution in [-0.4, -0.2) is 27.8 Å². The van der Waals surface area contributed by atoms with Crippen LogP contribution in [0.2, 0.25) is 0 Å². The summed E-state index contributed by atoms with van der Waals surface area (Å²) in [5, 5.41) is 20.0. The third kappa shape index (κ3) is 1.74. The Morgan fingerprint density at radius 3 is 2.93 bits per heavy atom. The van der Waals surface area contributed by atoms with Gasteiger partial charge in [-0.15, -0.1) is 0 Å². The minimum Gasteiger partial charge on any atom is -0.504 e. The van der Waals surface area contributed by atoms with Crippen LogP contribution >= 0.6 is 0 Å². The Kier molecular flexibility index (Phi) is 2.88. The normalized spacial score (nSPS) is 9.86. The highest BCUT2D eigenvalue weighted by molar-refractivity contribution is 5.96. The minimum atomic E-state index is -0.507. The number of amides is 1. The summed E-state index contributed by atoms with van der Waals surface area (Å²) in [6.45, 7) is 1.07. The molecule has 0 aliphatic rings. The molecule has 1 amide bonds. The summed E-state index contributed by atoms with van der Waals surface area (Å²) in [7, 11) is 0. The molecule has 0 spiro atoms. The Balaban J connectivity index is 3.11. The van der Waals surface area contributed by atoms with E-state index >= 15 is 0 Å². The van der Waals surface area contributed by atoms with Gasteiger partial charge in [0.25, 0.3) is 5.91 Å². The Hall–Kier alpha value is -1.82. The van der Waals surface area contributed by atoms with Crippen LogP contribution in [0.15, 0.2) is 6.20 Å². The first-order chi connectivity index (χ1) is 6.57. The molecule has 0 saturated carbocycles. The third-order valence-corrected chi connectivity index (χ3v) is 1.82. The minimum absolute atomic E-state index is 0.0250. The number of carbonyl (C=O) groups excluding carboxylic acids is 1. The van der Waals surface area contributed by atoms with Crippen LogP contribution in [0.5, 0.6) is 5.75 Å². The maximum Gasteiger partial charge on any atom is 0.255 e. The van der Waals surface area contributed by atoms with Gasteiger partial charge in [0.2, 0.25) is 0 Å². The van der Waals surface area contributed by atoms with E-state index < -0.39 is 12.6 Å². The molecule has 0 aliphatic carbocycles. The summed E-state index contributed by atoms with van der Waals surface area (Å²) in [4.78, 5) is 14.9. The topological polar surface area (TPSA) is 108 Å². The Labute approximate surface area is 80.4 Å². The molecule has 6 heteroatoms. The van der Waals surface area contributed by atoms with Gasteiger partial charge in [0.1, 0.15) is 6.73 Å². The molecule has 6 nitrogen and oxygen atoms in total. The second-order valence-electron chi connectivity index (χ2n) is 2.69. The predicted octanol–water partition coefficient (Wildman–Crippen LogP) is -0.643. The van der Waals surface area contributed by atoms with Crippen molar-refractivity contribution in [1.29, 1.82) is 0 Å². The molecule has 0 atom stereocenters. The van der Waals surface area contributed by atoms with E-state index in [0.717, 1.165) is 0 Å². The van der Waals surface area contributed by atoms with Crippen molar-refractivity contribution < 1.29 is 15.0 Å². The number of rotatable bonds is 2. The van der Waals surface area contributed by atoms with Crippen molar-refractivity contribution in [2.45, 2.75) is 6.92 Å². The molecule has 1 aromatic heterocycles. The zero-order valence-corrected chi connectivity index (χ0v) is 7.61. The largest absolute Gasteiger partial charge is 0.504 e. The molecule has 0 fully saturated rings. The summed E-state index contributed by atoms with van der Waals surface area (Å²) in [6, 6.07) is 0. The maximum absolute atomic E-state index is 11.3. The lowest BCUT2D eigenvalue weighted by Crippen LogP contribution is -2.25. The van der Waals surface area contributed by atoms with E-state index in [1.54, 1.807) is 6.92 Å². The molecule has 14 heavy (non-hydrogen) atoms. The lowest BCUT2D eigenvalue weighted by molar-refractivity contribution is 0.0909. The quantitative estimate of drug-likeness (QED) is 0.471. The van der Waals surface area contributed by atoms with E-state index in [1.165, 1.54) is 6.20 Å². The van der Waals surface area contributed by atoms with Gasteiger partial charge in [-0.2, -0.15) is 0 Å². The van der Waals surface area contributed by atoms with Crippen molar-refractivity contribution in [3.8, 4) is 5.75 Å². The molecule has 0 radical (unpaired) electrons. The number of aliphatic hydroxyl groups is 1. The molecular weight excluding hydrogens is 186 g/mol. The SMILES string of the molecule is Cc1c(C(=O)NCO)cnc(N)c1O. The van der Waals surface area contributed by atoms with Crippen molar-refractivity contribution in [3.05, 3.63) is 17.3 Å². The molecule has 0 bridgehead atoms. The molecule has 1 rings (SSSR count). The molecule has 1 aromatic rings. The first-order valence-corrected chi connectivity index (χ1v) is 3.91. The van der Waals surface area contributed by atoms with Gasteiger partial charge in [-0.3, -0.25) is 4.79 Å². The number of hydrogen-bond donors (Lipinski definition) is 4. The third-order valence-electron chi connectivity index (χ3n) is 1.82. The van der Waals surface area contributed by atoms with Crippen molar-refractivity contribution in [3.63, 3.8) is 0 Å². The molecular formula is C8H11N3O3. The first kappa shape index (κ1) is 10.3. The Morgan fingerprint density at radius 2 is 2.36 bits per heavy atom. The van der Waals surface area contributed by atoms with E-state index in [0.29, 0.717) is 5.56 Å². The molecule has 0 saturated heterocycles. The van der Waals surface area contributed by atoms with Crippen LogP contribution < -0.4 is 11.1 Å². The van der Waals surface area contributed by atoms with E-state index in [2.05, 4.69) is 10.3 Å². The number of nitrogens with two attached hydrogens (primary N) is 1. The predicted molar refractivity (Wildman–Crippen MR) is 49.6 cm³/mol. The van der Waals surface area contributed by atoms with Gasteiger partial charge < -0.3 is 21.3 Å². The van der Waals surface area contributed by atoms with Crippen LogP contribution in [0.1, 0.15) is 15.9 Å². The van der Waals surface area contributed by atoms with Gasteiger partial charge in [-0.1, -0.05) is 0 Å². The van der Waals surface area contributed by atoms with Crippen molar-refractivity contribution in [2.75, 3.05) is 12.5 Å². The van der Waals surface area contributed by atoms with Gasteiger partial charge in [0.05, 0.1) is 5.56 Å². The molecule has 1 heterocycles. The number of nitrogen functional groups attached to an aromatic ring is 1. The average Bonchev–Trinajstić information content (AvgIpc) is 2.15. The Morgan fingerprint density at radius 1 is 1.71 bits per heavy atom. The number of carbonyl (C=O) groups is 1. The van der Waals surface area contributed by atoms with E-state index in [-0.39, 0.29) is 17.1 Å². The van der Waals surface area contributed by atoms with E-state index in [1.807, 2.05) is 0 Å². The number of aromatic nitrogens is 1. The number of anilines is 1. The highest BCUT2D eigenvalue weighted by Crippen LogP contribution is 2.24. The zero-order valence-electron chi connectivity index (χ0n) is 7.61. The number of pyridine rings is 1. The average molecular weight is 197 g/mol. The van der Waals surface area contributed by atoms with E-state index in [4.69, 9.17) is 10.8 Å². The van der Waals surface area contributed by atoms with Gasteiger partial charge in [0, 0.05) is 11.8 Å². The molecule has 0 aliphatic heterocycles. The van der Waals surface area contributed by atoms with Crippen LogP contribution in [0.25, 0.3) is 0 Å². The van der Waals surface area contributed by atoms with Gasteiger partial charge in [-0.05, 0) is 6.92 Å². The van der Waals surface area contributed by atoms with Gasteiger partial charge in [-0.25, -0.2) is 4.98 Å². The van der Waals surface area contributed by atoms with Crippen LogP contribution in [0.4, 0.5) is 5.82 Å². The fourth-order valence-electron chi connectivity index (χ4n) is 1.01. The number of aromatic hydroxyl groups is 1. The second kappa shape index (κ2) is 3.93. The Bertz CT molecular complexity index is 365. The van der Waals surface area contributed by atoms with Gasteiger partial charge >= 0.3 is 0 Å². The molecule has 0 unspecified atom stereocenters. The summed E-state index contributed by atoms with van der Waals surface area (Å²) >= 11 is 0. The first-order valence-electron chi connectivity index (χ1n) is 3.91. The van der Waals surface area contributed by atoms with Crippen molar-refractivity contribution >= 4 is 11.7 Å². The molecule has 5 N–H and O–H groups in total. The number of nitrogens with zero attached hydrogens (tertiary/aromatic N) is 1. The summed E-state index contributed by atoms with van der Waals surface area (Å²) in [6.07, 6.45) is 1.25. The fourth-order valence-corrected chi connectivity index (χ4v) is 1.01. The van der Waals surface area contributed by atoms with Crippen LogP contribution in [0, 0.1) is 6.92 Å². The summed E-state index contributed by atoms with van der Waals surface area (Å²) in [5.74, 6) is -0.744. The highest BCUT2D eigenvalue weighted by Gasteiger charge is 2.13. The highest BCUT2D eigenvalue weighted by atomic mass is 16.3. The van der Waals surface area contributed by atoms with Crippen molar-refractivity contribution in [2.24, 2.45) is 0 Å². The fraction of sp³-hybridized carbons (Fsp3) is 0.250. The summed E-state index contributed by atoms with van der Waals surface area (Å²) in [5.41, 5.74) is 5.84. The number of hydrogen-bond acceptors (Lipinski definition) is 5. The second-order valence-corrected chi connectivity index (χ2v) is 2.69. The monoisotopic (exact) mass is 197 g/mol. The van der Waals surface area contributed by atoms with Gasteiger partial charge in [0.15, 0.2) is 11.6 Å². The van der Waals surface area contributed by atoms with Crippen molar-refractivity contribution in [1.82, 2.24) is 10.3 Å². The lowest BCUT2D eigenvalue weighted by atomic mass is 10.1. The van der Waals surface area contributed by atoms with Crippen LogP contribution in [0.3, 0.4) is 0 Å². The smallest absolute Gasteiger partial charge is 0.255 e. The zero-order chi connectivity index (χ0) is 10.7. The molecule has 0 aromatic carbocycles. The lowest BCUT2D eigenvalue weighted by Gasteiger charge is -2.07. The van der Waals surface area contributed by atoms with E-state index in [9.17, 15) is 9.90 Å². The number of nitrogens with one attached hydrogen (secondary N) is 1. The maximum atomic E-state index is 11.3. The standard InChI is InChI=1S/C8H11N3O3/c1-4-5(8(14)11-3-12)2-10-7(9)6(4)13/h2,12-13H,3H2,1H3,(H2,9,10)(H,11,14). The number of aliphatic hydroxyl groups excluding tert-OH is 1.